The van der Waals surface area contributed by atoms with E-state index in [-0.39, 0.29) is 0 Å². The Hall–Kier alpha value is -0.890. The van der Waals surface area contributed by atoms with E-state index in [0.717, 1.165) is 0 Å². The summed E-state index contributed by atoms with van der Waals surface area (Å²) < 4.78 is 0. The maximum absolute atomic E-state index is 8.94. The molecular formula is C18H31NO. The molecule has 0 amide bonds. The van der Waals surface area contributed by atoms with Crippen LogP contribution in [0.3, 0.4) is 0 Å². The van der Waals surface area contributed by atoms with Crippen molar-refractivity contribution in [1.82, 2.24) is 4.98 Å². The molecule has 0 fully saturated rings. The minimum atomic E-state index is 0.344. The Morgan fingerprint density at radius 2 is 1.65 bits per heavy atom. The first-order valence-corrected chi connectivity index (χ1v) is 8.32. The van der Waals surface area contributed by atoms with Gasteiger partial charge in [0, 0.05) is 19.0 Å². The Morgan fingerprint density at radius 3 is 2.25 bits per heavy atom. The number of rotatable bonds is 12. The van der Waals surface area contributed by atoms with Gasteiger partial charge in [-0.2, -0.15) is 0 Å². The van der Waals surface area contributed by atoms with Crippen LogP contribution in [-0.4, -0.2) is 16.7 Å². The summed E-state index contributed by atoms with van der Waals surface area (Å²) in [5, 5.41) is 8.94. The predicted octanol–water partition coefficient (Wildman–Crippen LogP) is 4.76. The van der Waals surface area contributed by atoms with Crippen LogP contribution in [0.1, 0.15) is 70.3 Å². The Kier molecular flexibility index (Phi) is 10.2. The van der Waals surface area contributed by atoms with Gasteiger partial charge in [-0.15, -0.1) is 0 Å². The van der Waals surface area contributed by atoms with Crippen LogP contribution in [0.4, 0.5) is 0 Å². The average Bonchev–Trinajstić information content (AvgIpc) is 2.50. The zero-order chi connectivity index (χ0) is 14.5. The maximum atomic E-state index is 8.94. The standard InChI is InChI=1S/C18H31NO/c1-17(16-20)11-8-6-4-2-3-5-7-9-12-18-13-10-14-19-15-18/h10,13-15,17,20H,2-9,11-12,16H2,1H3/t17-/m1/s1. The molecule has 0 saturated heterocycles. The first-order valence-electron chi connectivity index (χ1n) is 8.32. The first-order chi connectivity index (χ1) is 9.83. The van der Waals surface area contributed by atoms with Crippen molar-refractivity contribution >= 4 is 0 Å². The summed E-state index contributed by atoms with van der Waals surface area (Å²) in [6.07, 6.45) is 16.9. The molecule has 0 aliphatic carbocycles. The second kappa shape index (κ2) is 11.9. The molecule has 0 radical (unpaired) electrons. The van der Waals surface area contributed by atoms with Gasteiger partial charge in [0.2, 0.25) is 0 Å². The molecule has 1 atom stereocenters. The van der Waals surface area contributed by atoms with Gasteiger partial charge in [0.1, 0.15) is 0 Å². The number of aryl methyl sites for hydroxylation is 1. The molecule has 0 unspecified atom stereocenters. The van der Waals surface area contributed by atoms with Crippen molar-refractivity contribution in [3.63, 3.8) is 0 Å². The first kappa shape index (κ1) is 17.2. The highest BCUT2D eigenvalue weighted by atomic mass is 16.3. The highest BCUT2D eigenvalue weighted by molar-refractivity contribution is 5.08. The normalized spacial score (nSPS) is 12.5. The molecule has 0 aliphatic heterocycles. The summed E-state index contributed by atoms with van der Waals surface area (Å²) in [7, 11) is 0. The second-order valence-electron chi connectivity index (χ2n) is 6.02. The van der Waals surface area contributed by atoms with Crippen LogP contribution in [0.25, 0.3) is 0 Å². The average molecular weight is 277 g/mol. The predicted molar refractivity (Wildman–Crippen MR) is 85.7 cm³/mol. The third-order valence-electron chi connectivity index (χ3n) is 3.95. The van der Waals surface area contributed by atoms with Crippen molar-refractivity contribution in [1.29, 1.82) is 0 Å². The fourth-order valence-electron chi connectivity index (χ4n) is 2.52. The molecule has 1 aromatic heterocycles. The topological polar surface area (TPSA) is 33.1 Å². The third kappa shape index (κ3) is 9.08. The fraction of sp³-hybridized carbons (Fsp3) is 0.722. The molecule has 0 spiro atoms. The molecule has 0 aromatic carbocycles. The Labute approximate surface area is 124 Å². The van der Waals surface area contributed by atoms with Crippen molar-refractivity contribution in [3.8, 4) is 0 Å². The molecule has 0 bridgehead atoms. The van der Waals surface area contributed by atoms with Crippen molar-refractivity contribution in [2.75, 3.05) is 6.61 Å². The van der Waals surface area contributed by atoms with Crippen LogP contribution in [0.2, 0.25) is 0 Å². The Morgan fingerprint density at radius 1 is 1.00 bits per heavy atom. The number of aliphatic hydroxyl groups excluding tert-OH is 1. The SMILES string of the molecule is C[C@@H](CO)CCCCCCCCCCc1cccnc1. The number of hydrogen-bond acceptors (Lipinski definition) is 2. The quantitative estimate of drug-likeness (QED) is 0.559. The lowest BCUT2D eigenvalue weighted by Crippen LogP contribution is -1.99. The van der Waals surface area contributed by atoms with Crippen LogP contribution in [0, 0.1) is 5.92 Å². The number of hydrogen-bond donors (Lipinski definition) is 1. The highest BCUT2D eigenvalue weighted by Gasteiger charge is 1.99. The molecule has 2 nitrogen and oxygen atoms in total. The van der Waals surface area contributed by atoms with Crippen molar-refractivity contribution in [2.24, 2.45) is 5.92 Å². The molecule has 20 heavy (non-hydrogen) atoms. The van der Waals surface area contributed by atoms with Gasteiger partial charge in [0.25, 0.3) is 0 Å². The van der Waals surface area contributed by atoms with E-state index in [0.29, 0.717) is 12.5 Å². The molecule has 1 heterocycles. The minimum Gasteiger partial charge on any atom is -0.396 e. The molecular weight excluding hydrogens is 246 g/mol. The summed E-state index contributed by atoms with van der Waals surface area (Å²) in [6, 6.07) is 4.19. The van der Waals surface area contributed by atoms with E-state index < -0.39 is 0 Å². The minimum absolute atomic E-state index is 0.344. The van der Waals surface area contributed by atoms with Gasteiger partial charge in [0.15, 0.2) is 0 Å². The van der Waals surface area contributed by atoms with E-state index in [2.05, 4.69) is 18.0 Å². The van der Waals surface area contributed by atoms with Crippen LogP contribution in [-0.2, 0) is 6.42 Å². The number of pyridine rings is 1. The Balaban J connectivity index is 1.81. The van der Waals surface area contributed by atoms with Crippen molar-refractivity contribution < 1.29 is 5.11 Å². The fourth-order valence-corrected chi connectivity index (χ4v) is 2.52. The largest absolute Gasteiger partial charge is 0.396 e. The molecule has 1 aromatic rings. The molecule has 2 heteroatoms. The van der Waals surface area contributed by atoms with Gasteiger partial charge >= 0.3 is 0 Å². The van der Waals surface area contributed by atoms with Crippen LogP contribution in [0.5, 0.6) is 0 Å². The summed E-state index contributed by atoms with van der Waals surface area (Å²) in [4.78, 5) is 4.14. The van der Waals surface area contributed by atoms with E-state index in [4.69, 9.17) is 5.11 Å². The molecule has 114 valence electrons. The van der Waals surface area contributed by atoms with E-state index in [1.165, 1.54) is 69.8 Å². The number of nitrogens with zero attached hydrogens (tertiary/aromatic N) is 1. The Bertz CT molecular complexity index is 312. The maximum Gasteiger partial charge on any atom is 0.0456 e. The zero-order valence-electron chi connectivity index (χ0n) is 13.1. The van der Waals surface area contributed by atoms with Crippen molar-refractivity contribution in [2.45, 2.75) is 71.1 Å². The number of unbranched alkanes of at least 4 members (excludes halogenated alkanes) is 7. The highest BCUT2D eigenvalue weighted by Crippen LogP contribution is 2.13. The van der Waals surface area contributed by atoms with E-state index in [1.54, 1.807) is 0 Å². The van der Waals surface area contributed by atoms with Crippen LogP contribution in [0.15, 0.2) is 24.5 Å². The van der Waals surface area contributed by atoms with Gasteiger partial charge in [-0.1, -0.05) is 57.9 Å². The molecule has 0 saturated carbocycles. The van der Waals surface area contributed by atoms with Gasteiger partial charge in [-0.05, 0) is 36.8 Å². The van der Waals surface area contributed by atoms with Gasteiger partial charge < -0.3 is 5.11 Å². The van der Waals surface area contributed by atoms with Crippen molar-refractivity contribution in [3.05, 3.63) is 30.1 Å². The van der Waals surface area contributed by atoms with Crippen LogP contribution < -0.4 is 0 Å². The summed E-state index contributed by atoms with van der Waals surface area (Å²) >= 11 is 0. The lowest BCUT2D eigenvalue weighted by molar-refractivity contribution is 0.227. The van der Waals surface area contributed by atoms with Gasteiger partial charge in [0.05, 0.1) is 0 Å². The molecule has 1 N–H and O–H groups in total. The van der Waals surface area contributed by atoms with Crippen LogP contribution >= 0.6 is 0 Å². The lowest BCUT2D eigenvalue weighted by atomic mass is 10.0. The van der Waals surface area contributed by atoms with Gasteiger partial charge in [-0.25, -0.2) is 0 Å². The number of aliphatic hydroxyl groups is 1. The molecule has 0 aliphatic rings. The summed E-state index contributed by atoms with van der Waals surface area (Å²) in [5.41, 5.74) is 1.37. The van der Waals surface area contributed by atoms with Gasteiger partial charge in [-0.3, -0.25) is 4.98 Å². The smallest absolute Gasteiger partial charge is 0.0456 e. The van der Waals surface area contributed by atoms with E-state index in [9.17, 15) is 0 Å². The third-order valence-corrected chi connectivity index (χ3v) is 3.95. The zero-order valence-corrected chi connectivity index (χ0v) is 13.1. The van der Waals surface area contributed by atoms with E-state index in [1.807, 2.05) is 18.5 Å². The monoisotopic (exact) mass is 277 g/mol. The lowest BCUT2D eigenvalue weighted by Gasteiger charge is -2.06. The number of aromatic nitrogens is 1. The summed E-state index contributed by atoms with van der Waals surface area (Å²) in [5.74, 6) is 0.488. The summed E-state index contributed by atoms with van der Waals surface area (Å²) in [6.45, 7) is 2.47. The van der Waals surface area contributed by atoms with E-state index >= 15 is 0 Å². The molecule has 1 rings (SSSR count). The second-order valence-corrected chi connectivity index (χ2v) is 6.02.